The molecule has 3 nitrogen and oxygen atoms in total. The van der Waals surface area contributed by atoms with E-state index in [9.17, 15) is 18.0 Å². The van der Waals surface area contributed by atoms with Crippen molar-refractivity contribution in [1.82, 2.24) is 9.78 Å². The molecule has 94 valence electrons. The van der Waals surface area contributed by atoms with E-state index in [1.807, 2.05) is 0 Å². The third kappa shape index (κ3) is 2.15. The predicted octanol–water partition coefficient (Wildman–Crippen LogP) is 3.43. The van der Waals surface area contributed by atoms with E-state index in [0.717, 1.165) is 10.9 Å². The summed E-state index contributed by atoms with van der Waals surface area (Å²) in [6.45, 7) is 0. The number of carbonyl (C=O) groups excluding carboxylic acids is 1. The molecule has 1 heterocycles. The molecule has 1 aromatic carbocycles. The molecule has 2 rings (SSSR count). The van der Waals surface area contributed by atoms with E-state index in [1.54, 1.807) is 0 Å². The van der Waals surface area contributed by atoms with Gasteiger partial charge in [-0.05, 0) is 27.5 Å². The van der Waals surface area contributed by atoms with Crippen LogP contribution in [0, 0.1) is 17.5 Å². The van der Waals surface area contributed by atoms with Crippen LogP contribution in [0.2, 0.25) is 0 Å². The third-order valence-electron chi connectivity index (χ3n) is 2.12. The van der Waals surface area contributed by atoms with Gasteiger partial charge in [0, 0.05) is 12.1 Å². The Kier molecular flexibility index (Phi) is 3.45. The predicted molar refractivity (Wildman–Crippen MR) is 61.3 cm³/mol. The van der Waals surface area contributed by atoms with Crippen LogP contribution in [0.4, 0.5) is 13.2 Å². The van der Waals surface area contributed by atoms with E-state index < -0.39 is 28.4 Å². The first kappa shape index (κ1) is 13.1. The van der Waals surface area contributed by atoms with Crippen molar-refractivity contribution >= 4 is 32.8 Å². The van der Waals surface area contributed by atoms with Crippen molar-refractivity contribution in [1.29, 1.82) is 0 Å². The molecule has 0 N–H and O–H groups in total. The van der Waals surface area contributed by atoms with Gasteiger partial charge in [-0.1, -0.05) is 0 Å². The summed E-state index contributed by atoms with van der Waals surface area (Å²) in [7, 11) is 0. The summed E-state index contributed by atoms with van der Waals surface area (Å²) in [4.78, 5) is 11.0. The number of aromatic nitrogens is 2. The average Bonchev–Trinajstić information content (AvgIpc) is 2.59. The maximum Gasteiger partial charge on any atom is 0.256 e. The van der Waals surface area contributed by atoms with Crippen LogP contribution < -0.4 is 0 Å². The Bertz CT molecular complexity index is 621. The molecule has 0 radical (unpaired) electrons. The molecule has 2 aromatic rings. The van der Waals surface area contributed by atoms with Crippen molar-refractivity contribution in [3.05, 3.63) is 45.9 Å². The minimum Gasteiger partial charge on any atom is -0.275 e. The summed E-state index contributed by atoms with van der Waals surface area (Å²) in [6.07, 6.45) is 1.04. The number of hydrogen-bond donors (Lipinski definition) is 0. The number of hydrogen-bond acceptors (Lipinski definition) is 2. The summed E-state index contributed by atoms with van der Waals surface area (Å²) < 4.78 is 40.5. The molecule has 0 aliphatic carbocycles. The van der Waals surface area contributed by atoms with Crippen molar-refractivity contribution in [3.63, 3.8) is 0 Å². The number of carbonyl (C=O) groups is 1. The third-order valence-corrected chi connectivity index (χ3v) is 3.08. The van der Waals surface area contributed by atoms with E-state index in [1.165, 1.54) is 0 Å². The largest absolute Gasteiger partial charge is 0.275 e. The summed E-state index contributed by atoms with van der Waals surface area (Å²) in [5.41, 5.74) is -0.660. The Morgan fingerprint density at radius 2 is 1.83 bits per heavy atom. The topological polar surface area (TPSA) is 34.9 Å². The molecule has 0 unspecified atom stereocenters. The van der Waals surface area contributed by atoms with Gasteiger partial charge < -0.3 is 0 Å². The van der Waals surface area contributed by atoms with Crippen molar-refractivity contribution in [2.75, 3.05) is 0 Å². The van der Waals surface area contributed by atoms with Gasteiger partial charge in [-0.15, -0.1) is 0 Å². The zero-order chi connectivity index (χ0) is 13.4. The van der Waals surface area contributed by atoms with Crippen molar-refractivity contribution in [3.8, 4) is 5.69 Å². The number of nitrogens with zero attached hydrogens (tertiary/aromatic N) is 2. The van der Waals surface area contributed by atoms with Crippen LogP contribution >= 0.6 is 27.5 Å². The number of rotatable bonds is 2. The zero-order valence-corrected chi connectivity index (χ0v) is 10.8. The van der Waals surface area contributed by atoms with Crippen LogP contribution in [-0.4, -0.2) is 15.0 Å². The molecule has 18 heavy (non-hydrogen) atoms. The maximum absolute atomic E-state index is 13.5. The van der Waals surface area contributed by atoms with Gasteiger partial charge >= 0.3 is 0 Å². The summed E-state index contributed by atoms with van der Waals surface area (Å²) in [5, 5.41) is 2.78. The summed E-state index contributed by atoms with van der Waals surface area (Å²) in [5.74, 6) is -3.35. The zero-order valence-electron chi connectivity index (χ0n) is 8.42. The lowest BCUT2D eigenvalue weighted by atomic mass is 10.3. The van der Waals surface area contributed by atoms with Crippen LogP contribution in [0.1, 0.15) is 10.4 Å². The monoisotopic (exact) mass is 338 g/mol. The molecule has 0 fully saturated rings. The van der Waals surface area contributed by atoms with Gasteiger partial charge in [0.25, 0.3) is 5.24 Å². The van der Waals surface area contributed by atoms with Gasteiger partial charge in [-0.3, -0.25) is 4.79 Å². The molecule has 0 aliphatic rings. The van der Waals surface area contributed by atoms with Gasteiger partial charge in [0.05, 0.1) is 11.8 Å². The van der Waals surface area contributed by atoms with Gasteiger partial charge in [0.1, 0.15) is 16.1 Å². The minimum absolute atomic E-state index is 0.0214. The summed E-state index contributed by atoms with van der Waals surface area (Å²) >= 11 is 8.19. The first-order valence-electron chi connectivity index (χ1n) is 4.50. The highest BCUT2D eigenvalue weighted by molar-refractivity contribution is 9.10. The van der Waals surface area contributed by atoms with E-state index >= 15 is 0 Å². The lowest BCUT2D eigenvalue weighted by molar-refractivity contribution is 0.108. The van der Waals surface area contributed by atoms with Crippen molar-refractivity contribution in [2.45, 2.75) is 0 Å². The lowest BCUT2D eigenvalue weighted by Gasteiger charge is -2.06. The van der Waals surface area contributed by atoms with E-state index in [-0.39, 0.29) is 10.2 Å². The molecule has 0 aliphatic heterocycles. The minimum atomic E-state index is -1.15. The van der Waals surface area contributed by atoms with Crippen LogP contribution in [0.3, 0.4) is 0 Å². The van der Waals surface area contributed by atoms with Crippen LogP contribution in [0.15, 0.2) is 22.9 Å². The molecule has 8 heteroatoms. The van der Waals surface area contributed by atoms with Crippen molar-refractivity contribution < 1.29 is 18.0 Å². The second-order valence-corrected chi connectivity index (χ2v) is 4.35. The molecule has 0 spiro atoms. The highest BCUT2D eigenvalue weighted by Crippen LogP contribution is 2.26. The van der Waals surface area contributed by atoms with Gasteiger partial charge in [-0.25, -0.2) is 17.9 Å². The van der Waals surface area contributed by atoms with Crippen molar-refractivity contribution in [2.24, 2.45) is 0 Å². The highest BCUT2D eigenvalue weighted by Gasteiger charge is 2.20. The first-order valence-corrected chi connectivity index (χ1v) is 5.67. The molecule has 0 amide bonds. The maximum atomic E-state index is 13.5. The van der Waals surface area contributed by atoms with E-state index in [0.29, 0.717) is 12.1 Å². The molecular weight excluding hydrogens is 336 g/mol. The normalized spacial score (nSPS) is 10.7. The quantitative estimate of drug-likeness (QED) is 0.786. The van der Waals surface area contributed by atoms with E-state index in [2.05, 4.69) is 21.0 Å². The Morgan fingerprint density at radius 3 is 2.28 bits per heavy atom. The number of halogens is 5. The highest BCUT2D eigenvalue weighted by atomic mass is 79.9. The number of benzene rings is 1. The Morgan fingerprint density at radius 1 is 1.28 bits per heavy atom. The molecule has 0 atom stereocenters. The molecule has 0 bridgehead atoms. The first-order chi connectivity index (χ1) is 8.41. The van der Waals surface area contributed by atoms with Crippen LogP contribution in [-0.2, 0) is 0 Å². The van der Waals surface area contributed by atoms with Crippen LogP contribution in [0.25, 0.3) is 5.69 Å². The standard InChI is InChI=1S/C10H3BrClF3N2O/c11-9-5(10(12)18)3-16-17(9)8-6(14)1-4(13)2-7(8)15/h1-3H. The fourth-order valence-electron chi connectivity index (χ4n) is 1.36. The van der Waals surface area contributed by atoms with Gasteiger partial charge in [0.15, 0.2) is 11.6 Å². The van der Waals surface area contributed by atoms with Gasteiger partial charge in [0.2, 0.25) is 0 Å². The smallest absolute Gasteiger partial charge is 0.256 e. The summed E-state index contributed by atoms with van der Waals surface area (Å²) in [6, 6.07) is 1.02. The Labute approximate surface area is 112 Å². The molecule has 1 aromatic heterocycles. The lowest BCUT2D eigenvalue weighted by Crippen LogP contribution is -2.05. The second-order valence-electron chi connectivity index (χ2n) is 3.25. The average molecular weight is 339 g/mol. The van der Waals surface area contributed by atoms with E-state index in [4.69, 9.17) is 11.6 Å². The molecular formula is C10H3BrClF3N2O. The van der Waals surface area contributed by atoms with Gasteiger partial charge in [-0.2, -0.15) is 5.10 Å². The molecule has 0 saturated heterocycles. The fourth-order valence-corrected chi connectivity index (χ4v) is 2.16. The Hall–Kier alpha value is -1.34. The Balaban J connectivity index is 2.67. The SMILES string of the molecule is O=C(Cl)c1cnn(-c2c(F)cc(F)cc2F)c1Br. The van der Waals surface area contributed by atoms with Crippen LogP contribution in [0.5, 0.6) is 0 Å². The molecule has 0 saturated carbocycles. The fraction of sp³-hybridized carbons (Fsp3) is 0. The second kappa shape index (κ2) is 4.74.